The summed E-state index contributed by atoms with van der Waals surface area (Å²) in [5.41, 5.74) is 3.33. The predicted molar refractivity (Wildman–Crippen MR) is 111 cm³/mol. The number of hydrogen-bond acceptors (Lipinski definition) is 5. The molecule has 2 N–H and O–H groups in total. The number of ether oxygens (including phenoxy) is 2. The van der Waals surface area contributed by atoms with Crippen molar-refractivity contribution in [2.45, 2.75) is 6.92 Å². The summed E-state index contributed by atoms with van der Waals surface area (Å²) in [7, 11) is 1.60. The molecular formula is C22H21N3O4. The second-order valence-corrected chi connectivity index (χ2v) is 6.05. The number of H-pyrrole nitrogens is 1. The number of esters is 1. The molecular weight excluding hydrogens is 370 g/mol. The van der Waals surface area contributed by atoms with Gasteiger partial charge in [0.2, 0.25) is 0 Å². The minimum atomic E-state index is -0.393. The normalized spacial score (nSPS) is 10.7. The van der Waals surface area contributed by atoms with Gasteiger partial charge in [-0.25, -0.2) is 4.79 Å². The molecule has 3 aromatic rings. The third kappa shape index (κ3) is 5.10. The van der Waals surface area contributed by atoms with Crippen LogP contribution in [0.2, 0.25) is 0 Å². The fourth-order valence-electron chi connectivity index (χ4n) is 2.67. The molecule has 1 aromatic heterocycles. The van der Waals surface area contributed by atoms with E-state index in [4.69, 9.17) is 9.47 Å². The van der Waals surface area contributed by atoms with Gasteiger partial charge in [-0.2, -0.15) is 5.10 Å². The first-order chi connectivity index (χ1) is 14.1. The molecule has 0 aliphatic carbocycles. The van der Waals surface area contributed by atoms with Gasteiger partial charge in [0, 0.05) is 17.3 Å². The number of hydrogen-bond donors (Lipinski definition) is 2. The molecule has 29 heavy (non-hydrogen) atoms. The summed E-state index contributed by atoms with van der Waals surface area (Å²) < 4.78 is 10.0. The molecule has 0 unspecified atom stereocenters. The molecule has 0 aliphatic heterocycles. The Kier molecular flexibility index (Phi) is 6.42. The number of carbonyl (C=O) groups is 2. The van der Waals surface area contributed by atoms with E-state index in [-0.39, 0.29) is 5.91 Å². The van der Waals surface area contributed by atoms with Crippen molar-refractivity contribution in [1.82, 2.24) is 10.2 Å². The first-order valence-corrected chi connectivity index (χ1v) is 9.04. The lowest BCUT2D eigenvalue weighted by Crippen LogP contribution is -2.12. The standard InChI is InChI=1S/C22H21N3O4/c1-3-29-20(26)13-6-15-4-9-17(10-5-15)24-22(27)19-14-23-25-21(19)16-7-11-18(28-2)12-8-16/h4-14H,3H2,1-2H3,(H,23,25)(H,24,27)/b13-6+. The van der Waals surface area contributed by atoms with Gasteiger partial charge >= 0.3 is 5.97 Å². The molecule has 7 nitrogen and oxygen atoms in total. The molecule has 0 saturated heterocycles. The Morgan fingerprint density at radius 1 is 1.10 bits per heavy atom. The van der Waals surface area contributed by atoms with E-state index in [0.29, 0.717) is 23.6 Å². The van der Waals surface area contributed by atoms with Crippen molar-refractivity contribution in [3.63, 3.8) is 0 Å². The van der Waals surface area contributed by atoms with Crippen molar-refractivity contribution in [2.75, 3.05) is 19.0 Å². The van der Waals surface area contributed by atoms with Gasteiger partial charge in [0.25, 0.3) is 5.91 Å². The van der Waals surface area contributed by atoms with Gasteiger partial charge in [-0.05, 0) is 55.0 Å². The van der Waals surface area contributed by atoms with Crippen LogP contribution in [0.4, 0.5) is 5.69 Å². The van der Waals surface area contributed by atoms with Crippen molar-refractivity contribution in [3.8, 4) is 17.0 Å². The second-order valence-electron chi connectivity index (χ2n) is 6.05. The molecule has 2 aromatic carbocycles. The molecule has 0 fully saturated rings. The maximum absolute atomic E-state index is 12.7. The third-order valence-electron chi connectivity index (χ3n) is 4.13. The van der Waals surface area contributed by atoms with Crippen molar-refractivity contribution in [3.05, 3.63) is 71.9 Å². The molecule has 1 heterocycles. The first-order valence-electron chi connectivity index (χ1n) is 9.04. The lowest BCUT2D eigenvalue weighted by atomic mass is 10.1. The Morgan fingerprint density at radius 2 is 1.83 bits per heavy atom. The number of anilines is 1. The topological polar surface area (TPSA) is 93.3 Å². The molecule has 0 aliphatic rings. The maximum atomic E-state index is 12.7. The number of aromatic nitrogens is 2. The Morgan fingerprint density at radius 3 is 2.48 bits per heavy atom. The van der Waals surface area contributed by atoms with Crippen LogP contribution in [-0.4, -0.2) is 35.8 Å². The van der Waals surface area contributed by atoms with Crippen molar-refractivity contribution in [2.24, 2.45) is 0 Å². The van der Waals surface area contributed by atoms with Crippen LogP contribution in [0.25, 0.3) is 17.3 Å². The SMILES string of the molecule is CCOC(=O)/C=C/c1ccc(NC(=O)c2cn[nH]c2-c2ccc(OC)cc2)cc1. The van der Waals surface area contributed by atoms with E-state index in [1.807, 2.05) is 24.3 Å². The Balaban J connectivity index is 1.69. The summed E-state index contributed by atoms with van der Waals surface area (Å²) in [6, 6.07) is 14.5. The molecule has 0 spiro atoms. The van der Waals surface area contributed by atoms with Gasteiger partial charge in [-0.15, -0.1) is 0 Å². The molecule has 0 atom stereocenters. The van der Waals surface area contributed by atoms with Gasteiger partial charge in [-0.1, -0.05) is 12.1 Å². The monoisotopic (exact) mass is 391 g/mol. The lowest BCUT2D eigenvalue weighted by Gasteiger charge is -2.07. The second kappa shape index (κ2) is 9.36. The largest absolute Gasteiger partial charge is 0.497 e. The number of methoxy groups -OCH3 is 1. The number of amides is 1. The van der Waals surface area contributed by atoms with Crippen LogP contribution in [0.3, 0.4) is 0 Å². The fourth-order valence-corrected chi connectivity index (χ4v) is 2.67. The average molecular weight is 391 g/mol. The summed E-state index contributed by atoms with van der Waals surface area (Å²) in [6.07, 6.45) is 4.51. The van der Waals surface area contributed by atoms with Crippen LogP contribution >= 0.6 is 0 Å². The molecule has 0 saturated carbocycles. The molecule has 3 rings (SSSR count). The minimum absolute atomic E-state index is 0.278. The summed E-state index contributed by atoms with van der Waals surface area (Å²) in [4.78, 5) is 24.1. The van der Waals surface area contributed by atoms with Gasteiger partial charge in [0.15, 0.2) is 0 Å². The van der Waals surface area contributed by atoms with Gasteiger partial charge in [0.1, 0.15) is 5.75 Å². The highest BCUT2D eigenvalue weighted by Gasteiger charge is 2.15. The van der Waals surface area contributed by atoms with E-state index < -0.39 is 5.97 Å². The highest BCUT2D eigenvalue weighted by molar-refractivity contribution is 6.08. The number of nitrogens with one attached hydrogen (secondary N) is 2. The first kappa shape index (κ1) is 19.9. The molecule has 148 valence electrons. The predicted octanol–water partition coefficient (Wildman–Crippen LogP) is 3.91. The number of rotatable bonds is 7. The lowest BCUT2D eigenvalue weighted by molar-refractivity contribution is -0.137. The van der Waals surface area contributed by atoms with Crippen LogP contribution in [0, 0.1) is 0 Å². The van der Waals surface area contributed by atoms with E-state index in [2.05, 4.69) is 15.5 Å². The van der Waals surface area contributed by atoms with Crippen LogP contribution in [0.15, 0.2) is 60.8 Å². The van der Waals surface area contributed by atoms with Crippen LogP contribution < -0.4 is 10.1 Å². The van der Waals surface area contributed by atoms with E-state index in [1.54, 1.807) is 44.4 Å². The zero-order valence-electron chi connectivity index (χ0n) is 16.1. The maximum Gasteiger partial charge on any atom is 0.330 e. The Bertz CT molecular complexity index is 1010. The Hall–Kier alpha value is -3.87. The summed E-state index contributed by atoms with van der Waals surface area (Å²) in [5, 5.41) is 9.72. The molecule has 1 amide bonds. The fraction of sp³-hybridized carbons (Fsp3) is 0.136. The minimum Gasteiger partial charge on any atom is -0.497 e. The van der Waals surface area contributed by atoms with E-state index in [0.717, 1.165) is 16.9 Å². The van der Waals surface area contributed by atoms with Gasteiger partial charge in [0.05, 0.1) is 31.2 Å². The van der Waals surface area contributed by atoms with Crippen LogP contribution in [-0.2, 0) is 9.53 Å². The summed E-state index contributed by atoms with van der Waals surface area (Å²) >= 11 is 0. The number of benzene rings is 2. The highest BCUT2D eigenvalue weighted by Crippen LogP contribution is 2.24. The quantitative estimate of drug-likeness (QED) is 0.470. The summed E-state index contributed by atoms with van der Waals surface area (Å²) in [6.45, 7) is 2.09. The third-order valence-corrected chi connectivity index (χ3v) is 4.13. The highest BCUT2D eigenvalue weighted by atomic mass is 16.5. The van der Waals surface area contributed by atoms with Gasteiger partial charge in [-0.3, -0.25) is 9.89 Å². The number of nitrogens with zero attached hydrogens (tertiary/aromatic N) is 1. The summed E-state index contributed by atoms with van der Waals surface area (Å²) in [5.74, 6) is 0.0617. The van der Waals surface area contributed by atoms with E-state index in [1.165, 1.54) is 12.3 Å². The zero-order chi connectivity index (χ0) is 20.6. The van der Waals surface area contributed by atoms with Crippen molar-refractivity contribution < 1.29 is 19.1 Å². The molecule has 0 bridgehead atoms. The van der Waals surface area contributed by atoms with E-state index in [9.17, 15) is 9.59 Å². The van der Waals surface area contributed by atoms with Gasteiger partial charge < -0.3 is 14.8 Å². The smallest absolute Gasteiger partial charge is 0.330 e. The number of aromatic amines is 1. The number of carbonyl (C=O) groups excluding carboxylic acids is 2. The average Bonchev–Trinajstić information content (AvgIpc) is 3.24. The van der Waals surface area contributed by atoms with Crippen LogP contribution in [0.1, 0.15) is 22.8 Å². The molecule has 7 heteroatoms. The Labute approximate surface area is 168 Å². The zero-order valence-corrected chi connectivity index (χ0v) is 16.1. The van der Waals surface area contributed by atoms with Crippen molar-refractivity contribution >= 4 is 23.6 Å². The van der Waals surface area contributed by atoms with Crippen molar-refractivity contribution in [1.29, 1.82) is 0 Å². The molecule has 0 radical (unpaired) electrons. The van der Waals surface area contributed by atoms with E-state index >= 15 is 0 Å². The van der Waals surface area contributed by atoms with Crippen LogP contribution in [0.5, 0.6) is 5.75 Å².